The predicted octanol–water partition coefficient (Wildman–Crippen LogP) is 6.11. The maximum absolute atomic E-state index is 13.6. The molecule has 1 atom stereocenters. The van der Waals surface area contributed by atoms with Crippen molar-refractivity contribution in [3.63, 3.8) is 0 Å². The number of rotatable bonds is 8. The molecular weight excluding hydrogens is 593 g/mol. The molecule has 1 aromatic heterocycles. The number of imide groups is 1. The molecule has 42 heavy (non-hydrogen) atoms. The van der Waals surface area contributed by atoms with Crippen LogP contribution in [0.15, 0.2) is 47.5 Å². The van der Waals surface area contributed by atoms with Gasteiger partial charge in [0.25, 0.3) is 11.1 Å². The van der Waals surface area contributed by atoms with Gasteiger partial charge in [-0.05, 0) is 98.4 Å². The van der Waals surface area contributed by atoms with Crippen LogP contribution in [0.2, 0.25) is 5.02 Å². The molecule has 3 heterocycles. The zero-order valence-electron chi connectivity index (χ0n) is 22.6. The maximum atomic E-state index is 13.6. The molecule has 2 amide bonds. The highest BCUT2D eigenvalue weighted by molar-refractivity contribution is 8.18. The Morgan fingerprint density at radius 2 is 1.98 bits per heavy atom. The molecule has 2 fully saturated rings. The summed E-state index contributed by atoms with van der Waals surface area (Å²) < 4.78 is 47.4. The standard InChI is InChI=1S/C29H28ClF3N4O4S/c1-2-41-27(39)24(12-17-7-9-34-10-8-17)37-26(38)25(42-28(37)40)13-18-3-6-23-20(11-18)15-35-36(23)16-19-4-5-21(30)14-22(19)29(31,32)33/h3-6,11,13-15,17,24,34H,2,7-10,12,16H2,1H3. The maximum Gasteiger partial charge on any atom is 0.416 e. The minimum Gasteiger partial charge on any atom is -0.464 e. The molecule has 2 aromatic carbocycles. The van der Waals surface area contributed by atoms with E-state index in [1.165, 1.54) is 23.0 Å². The van der Waals surface area contributed by atoms with Crippen molar-refractivity contribution >= 4 is 57.5 Å². The van der Waals surface area contributed by atoms with Gasteiger partial charge in [0.15, 0.2) is 0 Å². The Hall–Kier alpha value is -3.35. The van der Waals surface area contributed by atoms with Crippen molar-refractivity contribution in [2.24, 2.45) is 5.92 Å². The van der Waals surface area contributed by atoms with Crippen LogP contribution in [-0.4, -0.2) is 57.5 Å². The fourth-order valence-electron chi connectivity index (χ4n) is 5.31. The molecule has 2 aliphatic rings. The average molecular weight is 621 g/mol. The van der Waals surface area contributed by atoms with Gasteiger partial charge in [-0.1, -0.05) is 23.7 Å². The summed E-state index contributed by atoms with van der Waals surface area (Å²) in [6.07, 6.45) is 0.545. The lowest BCUT2D eigenvalue weighted by molar-refractivity contribution is -0.152. The number of amides is 2. The van der Waals surface area contributed by atoms with E-state index in [4.69, 9.17) is 16.3 Å². The van der Waals surface area contributed by atoms with E-state index >= 15 is 0 Å². The SMILES string of the molecule is CCOC(=O)C(CC1CCNCC1)N1C(=O)SC(=Cc2ccc3c(cnn3Cc3ccc(Cl)cc3C(F)(F)F)c2)C1=O. The molecule has 0 saturated carbocycles. The van der Waals surface area contributed by atoms with Crippen LogP contribution < -0.4 is 5.32 Å². The number of thioether (sulfide) groups is 1. The number of esters is 1. The second-order valence-corrected chi connectivity index (χ2v) is 11.6. The number of fused-ring (bicyclic) bond motifs is 1. The van der Waals surface area contributed by atoms with E-state index in [0.29, 0.717) is 22.9 Å². The first-order valence-corrected chi connectivity index (χ1v) is 14.7. The Bertz CT molecular complexity index is 1550. The predicted molar refractivity (Wildman–Crippen MR) is 154 cm³/mol. The number of nitrogens with zero attached hydrogens (tertiary/aromatic N) is 3. The molecule has 222 valence electrons. The number of ether oxygens (including phenoxy) is 1. The molecule has 2 saturated heterocycles. The number of piperidine rings is 1. The molecule has 0 bridgehead atoms. The number of aromatic nitrogens is 2. The van der Waals surface area contributed by atoms with E-state index in [1.54, 1.807) is 31.2 Å². The third-order valence-electron chi connectivity index (χ3n) is 7.37. The average Bonchev–Trinajstić information content (AvgIpc) is 3.47. The zero-order chi connectivity index (χ0) is 30.0. The lowest BCUT2D eigenvalue weighted by Crippen LogP contribution is -2.46. The van der Waals surface area contributed by atoms with Gasteiger partial charge in [0.1, 0.15) is 6.04 Å². The minimum absolute atomic E-state index is 0.00897. The first kappa shape index (κ1) is 30.1. The molecular formula is C29H28ClF3N4O4S. The number of carbonyl (C=O) groups excluding carboxylic acids is 3. The molecule has 2 aliphatic heterocycles. The van der Waals surface area contributed by atoms with Crippen LogP contribution in [0.25, 0.3) is 17.0 Å². The minimum atomic E-state index is -4.57. The summed E-state index contributed by atoms with van der Waals surface area (Å²) >= 11 is 6.56. The zero-order valence-corrected chi connectivity index (χ0v) is 24.2. The summed E-state index contributed by atoms with van der Waals surface area (Å²) in [5.41, 5.74) is 0.385. The Kier molecular flexibility index (Phi) is 8.95. The fraction of sp³-hybridized carbons (Fsp3) is 0.379. The van der Waals surface area contributed by atoms with Crippen LogP contribution in [-0.2, 0) is 27.0 Å². The first-order valence-electron chi connectivity index (χ1n) is 13.5. The quantitative estimate of drug-likeness (QED) is 0.240. The van der Waals surface area contributed by atoms with Gasteiger partial charge in [-0.25, -0.2) is 4.79 Å². The third-order valence-corrected chi connectivity index (χ3v) is 8.49. The summed E-state index contributed by atoms with van der Waals surface area (Å²) in [5.74, 6) is -0.976. The monoisotopic (exact) mass is 620 g/mol. The molecule has 0 spiro atoms. The van der Waals surface area contributed by atoms with Gasteiger partial charge in [-0.3, -0.25) is 19.2 Å². The first-order chi connectivity index (χ1) is 20.0. The van der Waals surface area contributed by atoms with Gasteiger partial charge in [0.05, 0.1) is 35.3 Å². The molecule has 1 N–H and O–H groups in total. The molecule has 0 aliphatic carbocycles. The lowest BCUT2D eigenvalue weighted by atomic mass is 9.90. The Labute approximate surface area is 249 Å². The van der Waals surface area contributed by atoms with Crippen LogP contribution in [0.1, 0.15) is 42.9 Å². The van der Waals surface area contributed by atoms with E-state index in [-0.39, 0.29) is 34.6 Å². The molecule has 8 nitrogen and oxygen atoms in total. The summed E-state index contributed by atoms with van der Waals surface area (Å²) in [4.78, 5) is 40.4. The second-order valence-electron chi connectivity index (χ2n) is 10.2. The van der Waals surface area contributed by atoms with Crippen molar-refractivity contribution < 1.29 is 32.3 Å². The molecule has 0 radical (unpaired) electrons. The van der Waals surface area contributed by atoms with Crippen molar-refractivity contribution in [3.05, 3.63) is 69.2 Å². The van der Waals surface area contributed by atoms with Crippen LogP contribution in [0.3, 0.4) is 0 Å². The Morgan fingerprint density at radius 3 is 2.69 bits per heavy atom. The number of halogens is 4. The van der Waals surface area contributed by atoms with E-state index in [9.17, 15) is 27.6 Å². The number of carbonyl (C=O) groups is 3. The topological polar surface area (TPSA) is 93.5 Å². The van der Waals surface area contributed by atoms with E-state index in [0.717, 1.165) is 48.7 Å². The van der Waals surface area contributed by atoms with Crippen molar-refractivity contribution in [1.82, 2.24) is 20.0 Å². The highest BCUT2D eigenvalue weighted by Gasteiger charge is 2.44. The number of alkyl halides is 3. The van der Waals surface area contributed by atoms with Crippen LogP contribution in [0, 0.1) is 5.92 Å². The van der Waals surface area contributed by atoms with Gasteiger partial charge in [-0.2, -0.15) is 18.3 Å². The van der Waals surface area contributed by atoms with Gasteiger partial charge in [-0.15, -0.1) is 0 Å². The summed E-state index contributed by atoms with van der Waals surface area (Å²) in [7, 11) is 0. The van der Waals surface area contributed by atoms with Crippen molar-refractivity contribution in [1.29, 1.82) is 0 Å². The van der Waals surface area contributed by atoms with Gasteiger partial charge in [0, 0.05) is 10.4 Å². The van der Waals surface area contributed by atoms with E-state index < -0.39 is 34.9 Å². The van der Waals surface area contributed by atoms with Gasteiger partial charge >= 0.3 is 12.1 Å². The normalized spacial score (nSPS) is 18.3. The van der Waals surface area contributed by atoms with Crippen LogP contribution in [0.4, 0.5) is 18.0 Å². The number of hydrogen-bond acceptors (Lipinski definition) is 7. The number of nitrogens with one attached hydrogen (secondary N) is 1. The van der Waals surface area contributed by atoms with Crippen molar-refractivity contribution in [3.8, 4) is 0 Å². The molecule has 1 unspecified atom stereocenters. The van der Waals surface area contributed by atoms with Gasteiger partial charge < -0.3 is 10.1 Å². The molecule has 13 heteroatoms. The van der Waals surface area contributed by atoms with Crippen molar-refractivity contribution in [2.75, 3.05) is 19.7 Å². The van der Waals surface area contributed by atoms with Crippen LogP contribution in [0.5, 0.6) is 0 Å². The Balaban J connectivity index is 1.38. The fourth-order valence-corrected chi connectivity index (χ4v) is 6.36. The lowest BCUT2D eigenvalue weighted by Gasteiger charge is -2.29. The van der Waals surface area contributed by atoms with E-state index in [1.807, 2.05) is 0 Å². The van der Waals surface area contributed by atoms with Gasteiger partial charge in [0.2, 0.25) is 0 Å². The number of hydrogen-bond donors (Lipinski definition) is 1. The Morgan fingerprint density at radius 1 is 1.21 bits per heavy atom. The van der Waals surface area contributed by atoms with Crippen LogP contribution >= 0.6 is 23.4 Å². The largest absolute Gasteiger partial charge is 0.464 e. The highest BCUT2D eigenvalue weighted by atomic mass is 35.5. The summed E-state index contributed by atoms with van der Waals surface area (Å²) in [6.45, 7) is 3.31. The highest BCUT2D eigenvalue weighted by Crippen LogP contribution is 2.37. The summed E-state index contributed by atoms with van der Waals surface area (Å²) in [5, 5.41) is 7.64. The van der Waals surface area contributed by atoms with Crippen molar-refractivity contribution in [2.45, 2.75) is 44.9 Å². The molecule has 3 aromatic rings. The smallest absolute Gasteiger partial charge is 0.416 e. The second kappa shape index (κ2) is 12.5. The number of benzene rings is 2. The molecule has 5 rings (SSSR count). The third kappa shape index (κ3) is 6.50. The summed E-state index contributed by atoms with van der Waals surface area (Å²) in [6, 6.07) is 7.75. The van der Waals surface area contributed by atoms with E-state index in [2.05, 4.69) is 10.4 Å².